The van der Waals surface area contributed by atoms with Crippen LogP contribution in [0.25, 0.3) is 11.8 Å². The molecule has 0 saturated carbocycles. The minimum absolute atomic E-state index is 0. The molecule has 3 aromatic rings. The second-order valence-electron chi connectivity index (χ2n) is 8.88. The molecule has 0 radical (unpaired) electrons. The van der Waals surface area contributed by atoms with Crippen molar-refractivity contribution in [2.75, 3.05) is 18.2 Å². The number of hydrogen-bond donors (Lipinski definition) is 1. The minimum atomic E-state index is -4.76. The van der Waals surface area contributed by atoms with E-state index in [2.05, 4.69) is 10.2 Å². The fourth-order valence-electron chi connectivity index (χ4n) is 3.99. The van der Waals surface area contributed by atoms with Crippen LogP contribution in [0.2, 0.25) is 0 Å². The summed E-state index contributed by atoms with van der Waals surface area (Å²) in [6.07, 6.45) is 3.47. The average Bonchev–Trinajstić information content (AvgIpc) is 3.49. The van der Waals surface area contributed by atoms with Crippen molar-refractivity contribution in [3.05, 3.63) is 87.9 Å². The molecule has 47 heavy (non-hydrogen) atoms. The standard InChI is InChI=1S/C27H24N4O12S2.2K/c1-3-42-26(34)22-20(24(32)30(28-22)16-8-12-18(13-9-16)44(36,37)38)6-5-7-21-23(27(35)43-4-2)29-31(25(21)33)17-10-14-19(15-11-17)45(39,40)41;;/h5-15,28H,3-4H2,1-2H3,(H,36,37,38)(H,39,40,41);;/q;2*+1/p-2. The van der Waals surface area contributed by atoms with Gasteiger partial charge in [0.25, 0.3) is 11.5 Å². The molecule has 0 saturated heterocycles. The van der Waals surface area contributed by atoms with Crippen molar-refractivity contribution >= 4 is 55.6 Å². The van der Waals surface area contributed by atoms with E-state index >= 15 is 0 Å². The molecule has 1 amide bonds. The number of anilines is 1. The molecule has 20 heteroatoms. The summed E-state index contributed by atoms with van der Waals surface area (Å²) >= 11 is 0. The van der Waals surface area contributed by atoms with E-state index < -0.39 is 59.1 Å². The Morgan fingerprint density at radius 3 is 1.81 bits per heavy atom. The van der Waals surface area contributed by atoms with Crippen LogP contribution in [0, 0.1) is 0 Å². The van der Waals surface area contributed by atoms with Crippen LogP contribution in [-0.2, 0) is 39.3 Å². The first-order valence-corrected chi connectivity index (χ1v) is 15.6. The predicted molar refractivity (Wildman–Crippen MR) is 153 cm³/mol. The predicted octanol–water partition coefficient (Wildman–Crippen LogP) is -4.94. The molecule has 1 aliphatic rings. The first kappa shape index (κ1) is 41.3. The van der Waals surface area contributed by atoms with Crippen molar-refractivity contribution in [2.24, 2.45) is 5.10 Å². The number of nitrogens with one attached hydrogen (secondary N) is 1. The maximum atomic E-state index is 13.3. The molecule has 236 valence electrons. The van der Waals surface area contributed by atoms with Gasteiger partial charge in [-0.2, -0.15) is 10.1 Å². The van der Waals surface area contributed by atoms with E-state index in [0.717, 1.165) is 58.2 Å². The number of esters is 2. The number of hydrazone groups is 1. The smallest absolute Gasteiger partial charge is 0.744 e. The number of H-pyrrole nitrogens is 1. The fraction of sp³-hybridized carbons (Fsp3) is 0.148. The quantitative estimate of drug-likeness (QED) is 0.0892. The van der Waals surface area contributed by atoms with E-state index in [0.29, 0.717) is 0 Å². The number of carbonyl (C=O) groups excluding carboxylic acids is 3. The summed E-state index contributed by atoms with van der Waals surface area (Å²) in [4.78, 5) is 50.7. The van der Waals surface area contributed by atoms with Crippen molar-refractivity contribution in [1.29, 1.82) is 0 Å². The zero-order valence-electron chi connectivity index (χ0n) is 25.3. The molecule has 0 aliphatic carbocycles. The van der Waals surface area contributed by atoms with Crippen LogP contribution in [0.1, 0.15) is 29.9 Å². The van der Waals surface area contributed by atoms with E-state index in [-0.39, 0.29) is 144 Å². The molecule has 0 atom stereocenters. The topological polar surface area (TPSA) is 237 Å². The van der Waals surface area contributed by atoms with E-state index in [1.165, 1.54) is 32.1 Å². The molecule has 16 nitrogen and oxygen atoms in total. The monoisotopic (exact) mass is 736 g/mol. The van der Waals surface area contributed by atoms with Gasteiger partial charge in [-0.05, 0) is 74.5 Å². The van der Waals surface area contributed by atoms with Gasteiger partial charge in [-0.25, -0.2) is 31.1 Å². The second kappa shape index (κ2) is 17.2. The second-order valence-corrected chi connectivity index (χ2v) is 11.6. The van der Waals surface area contributed by atoms with E-state index in [1.807, 2.05) is 0 Å². The normalized spacial score (nSPS) is 14.0. The third kappa shape index (κ3) is 9.63. The van der Waals surface area contributed by atoms with Gasteiger partial charge in [0.2, 0.25) is 0 Å². The summed E-state index contributed by atoms with van der Waals surface area (Å²) in [5.74, 6) is -2.72. The van der Waals surface area contributed by atoms with Crippen molar-refractivity contribution in [1.82, 2.24) is 9.78 Å². The Labute approximate surface area is 353 Å². The summed E-state index contributed by atoms with van der Waals surface area (Å²) in [7, 11) is -9.52. The Bertz CT molecular complexity index is 2050. The zero-order chi connectivity index (χ0) is 33.1. The fourth-order valence-corrected chi connectivity index (χ4v) is 4.93. The largest absolute Gasteiger partial charge is 1.00 e. The van der Waals surface area contributed by atoms with Crippen molar-refractivity contribution in [3.8, 4) is 5.69 Å². The number of benzene rings is 2. The van der Waals surface area contributed by atoms with Gasteiger partial charge in [-0.1, -0.05) is 6.08 Å². The molecule has 4 rings (SSSR count). The van der Waals surface area contributed by atoms with Crippen molar-refractivity contribution < 1.29 is 153 Å². The molecule has 0 spiro atoms. The Morgan fingerprint density at radius 1 is 0.830 bits per heavy atom. The van der Waals surface area contributed by atoms with Gasteiger partial charge in [0.15, 0.2) is 11.4 Å². The van der Waals surface area contributed by atoms with Crippen molar-refractivity contribution in [3.63, 3.8) is 0 Å². The van der Waals surface area contributed by atoms with Crippen LogP contribution < -0.4 is 113 Å². The number of nitrogens with zero attached hydrogens (tertiary/aromatic N) is 3. The van der Waals surface area contributed by atoms with Gasteiger partial charge in [0.1, 0.15) is 20.2 Å². The third-order valence-electron chi connectivity index (χ3n) is 6.03. The summed E-state index contributed by atoms with van der Waals surface area (Å²) in [6.45, 7) is 2.97. The zero-order valence-corrected chi connectivity index (χ0v) is 33.2. The number of ether oxygens (including phenoxy) is 2. The minimum Gasteiger partial charge on any atom is -0.744 e. The molecule has 1 N–H and O–H groups in total. The number of aromatic amines is 1. The number of allylic oxidation sites excluding steroid dienone is 2. The maximum Gasteiger partial charge on any atom is 1.00 e. The van der Waals surface area contributed by atoms with Crippen LogP contribution in [0.5, 0.6) is 0 Å². The van der Waals surface area contributed by atoms with Crippen LogP contribution in [0.4, 0.5) is 5.69 Å². The third-order valence-corrected chi connectivity index (χ3v) is 7.73. The Balaban J connectivity index is 0.00000384. The van der Waals surface area contributed by atoms with Crippen LogP contribution in [0.3, 0.4) is 0 Å². The number of rotatable bonds is 10. The molecule has 1 aliphatic heterocycles. The summed E-state index contributed by atoms with van der Waals surface area (Å²) in [6, 6.07) is 8.51. The van der Waals surface area contributed by atoms with Crippen LogP contribution >= 0.6 is 0 Å². The van der Waals surface area contributed by atoms with Crippen LogP contribution in [0.15, 0.2) is 85.9 Å². The van der Waals surface area contributed by atoms with E-state index in [4.69, 9.17) is 9.47 Å². The molecule has 2 aromatic carbocycles. The number of carbonyl (C=O) groups is 3. The first-order valence-electron chi connectivity index (χ1n) is 12.8. The molecule has 0 fully saturated rings. The molecule has 1 aromatic heterocycles. The Morgan fingerprint density at radius 2 is 1.32 bits per heavy atom. The van der Waals surface area contributed by atoms with Gasteiger partial charge in [-0.3, -0.25) is 14.7 Å². The van der Waals surface area contributed by atoms with E-state index in [1.54, 1.807) is 0 Å². The first-order chi connectivity index (χ1) is 21.2. The van der Waals surface area contributed by atoms with Gasteiger partial charge >= 0.3 is 115 Å². The SMILES string of the molecule is CCOC(=O)C1=NN(c2ccc(S(=O)(=O)[O-])cc2)C(=O)C1=CC=Cc1c(C(=O)OCC)[nH]n(-c2ccc(S(=O)(=O)[O-])cc2)c1=O.[K+].[K+]. The molecule has 0 unspecified atom stereocenters. The van der Waals surface area contributed by atoms with Gasteiger partial charge in [0, 0.05) is 0 Å². The Hall–Kier alpha value is -1.90. The Kier molecular flexibility index (Phi) is 15.1. The average molecular weight is 737 g/mol. The van der Waals surface area contributed by atoms with Crippen LogP contribution in [-0.4, -0.2) is 72.5 Å². The number of amides is 1. The molecule has 0 bridgehead atoms. The summed E-state index contributed by atoms with van der Waals surface area (Å²) in [5.41, 5.74) is -1.94. The van der Waals surface area contributed by atoms with Gasteiger partial charge in [-0.15, -0.1) is 0 Å². The number of hydrogen-bond acceptors (Lipinski definition) is 13. The van der Waals surface area contributed by atoms with Gasteiger partial charge in [0.05, 0.1) is 45.5 Å². The van der Waals surface area contributed by atoms with Gasteiger partial charge < -0.3 is 18.6 Å². The molecular formula is C27H22K2N4O12S2. The number of aromatic nitrogens is 2. The van der Waals surface area contributed by atoms with E-state index in [9.17, 15) is 45.1 Å². The maximum absolute atomic E-state index is 13.3. The summed E-state index contributed by atoms with van der Waals surface area (Å²) in [5, 5.41) is 7.36. The molecule has 2 heterocycles. The van der Waals surface area contributed by atoms with Crippen molar-refractivity contribution in [2.45, 2.75) is 23.6 Å². The summed E-state index contributed by atoms with van der Waals surface area (Å²) < 4.78 is 78.5. The molecular weight excluding hydrogens is 715 g/mol.